The van der Waals surface area contributed by atoms with E-state index in [2.05, 4.69) is 49.5 Å². The molecule has 0 aliphatic heterocycles. The van der Waals surface area contributed by atoms with Crippen LogP contribution in [0.1, 0.15) is 75.6 Å². The highest BCUT2D eigenvalue weighted by Gasteiger charge is 2.74. The number of carbonyl (C=O) groups excluding carboxylic acids is 2. The number of nitrogens with one attached hydrogen (secondary N) is 1. The minimum atomic E-state index is -1.19. The van der Waals surface area contributed by atoms with Gasteiger partial charge in [-0.15, -0.1) is 0 Å². The number of rotatable bonds is 11. The molecule has 6 aliphatic rings. The first-order valence-electron chi connectivity index (χ1n) is 20.2. The van der Waals surface area contributed by atoms with Crippen molar-refractivity contribution in [1.29, 1.82) is 0 Å². The summed E-state index contributed by atoms with van der Waals surface area (Å²) >= 11 is 0. The molecule has 2 amide bonds. The first-order valence-corrected chi connectivity index (χ1v) is 20.2. The normalized spacial score (nSPS) is 34.2. The molecule has 0 saturated heterocycles. The molecule has 2 bridgehead atoms. The number of anilines is 1. The monoisotopic (exact) mass is 744 g/mol. The van der Waals surface area contributed by atoms with Crippen LogP contribution in [-0.2, 0) is 4.74 Å². The summed E-state index contributed by atoms with van der Waals surface area (Å²) in [6, 6.07) is 25.0. The average molecular weight is 745 g/mol. The molecule has 6 aliphatic carbocycles. The van der Waals surface area contributed by atoms with E-state index < -0.39 is 27.9 Å². The number of aliphatic hydroxyl groups excluding tert-OH is 1. The van der Waals surface area contributed by atoms with Gasteiger partial charge in [0.2, 0.25) is 0 Å². The fourth-order valence-corrected chi connectivity index (χ4v) is 12.1. The van der Waals surface area contributed by atoms with E-state index >= 15 is 4.79 Å². The summed E-state index contributed by atoms with van der Waals surface area (Å²) in [7, 11) is 3.27. The first kappa shape index (κ1) is 37.7. The number of methoxy groups -OCH3 is 2. The number of nitrogens with zero attached hydrogens (tertiary/aromatic N) is 1. The Morgan fingerprint density at radius 2 is 1.55 bits per heavy atom. The third-order valence-electron chi connectivity index (χ3n) is 15.1. The summed E-state index contributed by atoms with van der Waals surface area (Å²) in [5.41, 5.74) is 1.11. The largest absolute Gasteiger partial charge is 0.497 e. The van der Waals surface area contributed by atoms with Crippen molar-refractivity contribution in [3.63, 3.8) is 0 Å². The molecule has 3 N–H and O–H groups in total. The van der Waals surface area contributed by atoms with Crippen molar-refractivity contribution in [1.82, 2.24) is 4.90 Å². The van der Waals surface area contributed by atoms with Crippen molar-refractivity contribution in [3.8, 4) is 16.9 Å². The molecule has 3 saturated carbocycles. The van der Waals surface area contributed by atoms with Crippen molar-refractivity contribution in [3.05, 3.63) is 108 Å². The molecular formula is C47H56N2O6. The molecule has 0 aromatic heterocycles. The second-order valence-electron chi connectivity index (χ2n) is 17.5. The van der Waals surface area contributed by atoms with E-state index in [9.17, 15) is 15.0 Å². The predicted octanol–water partition coefficient (Wildman–Crippen LogP) is 8.71. The van der Waals surface area contributed by atoms with Crippen LogP contribution in [-0.4, -0.2) is 72.5 Å². The zero-order valence-electron chi connectivity index (χ0n) is 32.7. The van der Waals surface area contributed by atoms with Gasteiger partial charge in [-0.3, -0.25) is 4.79 Å². The molecule has 0 radical (unpaired) electrons. The highest BCUT2D eigenvalue weighted by Crippen LogP contribution is 2.78. The number of ether oxygens (including phenoxy) is 2. The zero-order chi connectivity index (χ0) is 38.6. The Bertz CT molecular complexity index is 2000. The Labute approximate surface area is 325 Å². The third kappa shape index (κ3) is 5.81. The van der Waals surface area contributed by atoms with Crippen LogP contribution in [0.4, 0.5) is 10.5 Å². The van der Waals surface area contributed by atoms with E-state index in [1.54, 1.807) is 19.1 Å². The Balaban J connectivity index is 1.19. The molecule has 3 aromatic carbocycles. The molecule has 2 spiro atoms. The number of benzene rings is 3. The van der Waals surface area contributed by atoms with E-state index in [0.29, 0.717) is 49.4 Å². The zero-order valence-corrected chi connectivity index (χ0v) is 32.7. The van der Waals surface area contributed by atoms with Gasteiger partial charge in [-0.1, -0.05) is 86.7 Å². The number of amides is 2. The fourth-order valence-electron chi connectivity index (χ4n) is 12.1. The van der Waals surface area contributed by atoms with Gasteiger partial charge in [0.05, 0.1) is 25.4 Å². The van der Waals surface area contributed by atoms with Gasteiger partial charge in [0.25, 0.3) is 0 Å². The Hall–Kier alpha value is -4.24. The topological polar surface area (TPSA) is 108 Å². The lowest BCUT2D eigenvalue weighted by Gasteiger charge is -2.71. The van der Waals surface area contributed by atoms with Crippen LogP contribution in [0.15, 0.2) is 103 Å². The molecule has 55 heavy (non-hydrogen) atoms. The number of fused-ring (bicyclic) bond motifs is 1. The van der Waals surface area contributed by atoms with Gasteiger partial charge in [0.15, 0.2) is 5.78 Å². The number of carbonyl (C=O) groups is 2. The van der Waals surface area contributed by atoms with E-state index in [4.69, 9.17) is 9.47 Å². The van der Waals surface area contributed by atoms with E-state index in [0.717, 1.165) is 48.8 Å². The molecule has 0 heterocycles. The van der Waals surface area contributed by atoms with Crippen molar-refractivity contribution >= 4 is 17.5 Å². The molecular weight excluding hydrogens is 689 g/mol. The maximum atomic E-state index is 15.5. The van der Waals surface area contributed by atoms with Crippen LogP contribution in [0.25, 0.3) is 11.1 Å². The quantitative estimate of drug-likeness (QED) is 0.103. The molecule has 3 fully saturated rings. The Kier molecular flexibility index (Phi) is 9.62. The van der Waals surface area contributed by atoms with Crippen molar-refractivity contribution in [2.75, 3.05) is 39.2 Å². The van der Waals surface area contributed by atoms with Crippen LogP contribution in [0.5, 0.6) is 5.75 Å². The summed E-state index contributed by atoms with van der Waals surface area (Å²) in [4.78, 5) is 31.2. The lowest BCUT2D eigenvalue weighted by Crippen LogP contribution is -2.67. The van der Waals surface area contributed by atoms with Gasteiger partial charge in [-0.2, -0.15) is 0 Å². The lowest BCUT2D eigenvalue weighted by molar-refractivity contribution is -0.174. The van der Waals surface area contributed by atoms with E-state index in [1.807, 2.05) is 66.7 Å². The van der Waals surface area contributed by atoms with Crippen LogP contribution in [0.3, 0.4) is 0 Å². The van der Waals surface area contributed by atoms with Gasteiger partial charge in [0, 0.05) is 53.3 Å². The molecule has 8 atom stereocenters. The molecule has 1 unspecified atom stereocenters. The minimum absolute atomic E-state index is 0.0356. The molecule has 8 nitrogen and oxygen atoms in total. The van der Waals surface area contributed by atoms with Crippen LogP contribution < -0.4 is 10.1 Å². The highest BCUT2D eigenvalue weighted by atomic mass is 16.5. The van der Waals surface area contributed by atoms with Crippen molar-refractivity contribution in [2.24, 2.45) is 33.5 Å². The number of Topliss-reactive ketones (excluding diaryl/α,β-unsaturated/α-hetero) is 1. The first-order chi connectivity index (χ1) is 26.4. The maximum Gasteiger partial charge on any atom is 0.321 e. The molecule has 290 valence electrons. The number of ketones is 1. The van der Waals surface area contributed by atoms with Crippen molar-refractivity contribution < 1.29 is 29.3 Å². The number of hydrogen-bond donors (Lipinski definition) is 3. The van der Waals surface area contributed by atoms with Crippen LogP contribution in [0, 0.1) is 33.5 Å². The predicted molar refractivity (Wildman–Crippen MR) is 215 cm³/mol. The molecule has 9 rings (SSSR count). The summed E-state index contributed by atoms with van der Waals surface area (Å²) in [5, 5.41) is 27.3. The summed E-state index contributed by atoms with van der Waals surface area (Å²) in [6.45, 7) is 5.72. The number of hydrogen-bond acceptors (Lipinski definition) is 6. The maximum absolute atomic E-state index is 15.5. The van der Waals surface area contributed by atoms with Gasteiger partial charge in [-0.05, 0) is 104 Å². The van der Waals surface area contributed by atoms with E-state index in [-0.39, 0.29) is 35.6 Å². The summed E-state index contributed by atoms with van der Waals surface area (Å²) < 4.78 is 10.7. The van der Waals surface area contributed by atoms with Gasteiger partial charge < -0.3 is 29.9 Å². The van der Waals surface area contributed by atoms with E-state index in [1.165, 1.54) is 0 Å². The second-order valence-corrected chi connectivity index (χ2v) is 17.5. The van der Waals surface area contributed by atoms with Crippen LogP contribution >= 0.6 is 0 Å². The summed E-state index contributed by atoms with van der Waals surface area (Å²) in [6.07, 6.45) is 12.3. The Morgan fingerprint density at radius 3 is 2.29 bits per heavy atom. The number of aliphatic hydroxyl groups is 2. The highest BCUT2D eigenvalue weighted by molar-refractivity contribution is 6.14. The molecule has 8 heteroatoms. The van der Waals surface area contributed by atoms with Gasteiger partial charge >= 0.3 is 6.03 Å². The van der Waals surface area contributed by atoms with Crippen LogP contribution in [0.2, 0.25) is 0 Å². The smallest absolute Gasteiger partial charge is 0.321 e. The Morgan fingerprint density at radius 1 is 0.855 bits per heavy atom. The fraction of sp³-hybridized carbons (Fsp3) is 0.489. The summed E-state index contributed by atoms with van der Waals surface area (Å²) in [5.74, 6) is 0.873. The SMILES string of the molecule is COCCCN(C[C@]1(O)CC[C@H]2[C@]34C=C[C@@]5(C=C3C(=O)c3ccccc3-c3ccccc3)CC(O)CC[C@]5(C)[C@H]4CC[C@@]21C)C(=O)Nc1ccc(OC)cc1. The molecule has 3 aromatic rings. The second kappa shape index (κ2) is 14.1. The minimum Gasteiger partial charge on any atom is -0.497 e. The number of allylic oxidation sites excluding steroid dienone is 4. The lowest BCUT2D eigenvalue weighted by atomic mass is 9.32. The number of urea groups is 1. The van der Waals surface area contributed by atoms with Gasteiger partial charge in [0.1, 0.15) is 5.75 Å². The third-order valence-corrected chi connectivity index (χ3v) is 15.1. The van der Waals surface area contributed by atoms with Gasteiger partial charge in [-0.25, -0.2) is 4.79 Å². The van der Waals surface area contributed by atoms with Crippen molar-refractivity contribution in [2.45, 2.75) is 76.9 Å². The standard InChI is InChI=1S/C47H56N2O6/c1-43-22-19-34(50)29-45(43)25-26-47(38(30-45)41(51)37-14-9-8-13-36(37)32-11-6-5-7-12-32)39(43)20-23-44(2)40(47)21-24-46(44,53)31-49(27-10-28-54-3)42(52)48-33-15-17-35(55-4)18-16-33/h5-9,11-18,25-26,30,34,39-40,50,53H,10,19-24,27-29,31H2,1-4H3,(H,48,52)/t34?,39-,40-,43-,44+,45+,46-,47-/m1/s1. The average Bonchev–Trinajstić information content (AvgIpc) is 3.47.